The van der Waals surface area contributed by atoms with Crippen molar-refractivity contribution >= 4 is 40.3 Å². The molecule has 0 aliphatic heterocycles. The highest BCUT2D eigenvalue weighted by atomic mass is 35.5. The average Bonchev–Trinajstić information content (AvgIpc) is 2.81. The van der Waals surface area contributed by atoms with Crippen LogP contribution in [0.15, 0.2) is 24.3 Å². The molecule has 2 aromatic rings. The number of hydrogen-bond acceptors (Lipinski definition) is 6. The molecule has 2 aromatic heterocycles. The van der Waals surface area contributed by atoms with Crippen LogP contribution in [0, 0.1) is 10.1 Å². The summed E-state index contributed by atoms with van der Waals surface area (Å²) in [7, 11) is 1.66. The van der Waals surface area contributed by atoms with Crippen molar-refractivity contribution in [2.45, 2.75) is 6.54 Å². The molecule has 6 nitrogen and oxygen atoms in total. The van der Waals surface area contributed by atoms with Gasteiger partial charge in [0.2, 0.25) is 0 Å². The minimum absolute atomic E-state index is 0.00828. The second-order valence-corrected chi connectivity index (χ2v) is 5.46. The van der Waals surface area contributed by atoms with Gasteiger partial charge in [0.05, 0.1) is 27.9 Å². The topological polar surface area (TPSA) is 80.1 Å². The number of pyridine rings is 1. The number of nitrogens with zero attached hydrogens (tertiary/aromatic N) is 2. The third kappa shape index (κ3) is 3.55. The maximum Gasteiger partial charge on any atom is 0.276 e. The minimum atomic E-state index is -0.449. The zero-order chi connectivity index (χ0) is 13.8. The third-order valence-electron chi connectivity index (χ3n) is 2.35. The van der Waals surface area contributed by atoms with Gasteiger partial charge in [0.1, 0.15) is 11.6 Å². The number of rotatable bonds is 5. The van der Waals surface area contributed by atoms with Crippen LogP contribution in [-0.2, 0) is 6.54 Å². The van der Waals surface area contributed by atoms with Crippen LogP contribution in [0.3, 0.4) is 0 Å². The van der Waals surface area contributed by atoms with E-state index in [0.29, 0.717) is 22.5 Å². The van der Waals surface area contributed by atoms with Crippen LogP contribution in [0.4, 0.5) is 17.3 Å². The second kappa shape index (κ2) is 5.85. The normalized spacial score (nSPS) is 10.2. The van der Waals surface area contributed by atoms with Crippen molar-refractivity contribution in [2.24, 2.45) is 0 Å². The Morgan fingerprint density at radius 1 is 1.42 bits per heavy atom. The Bertz CT molecular complexity index is 602. The average molecular weight is 299 g/mol. The predicted octanol–water partition coefficient (Wildman–Crippen LogP) is 3.36. The number of hydrogen-bond donors (Lipinski definition) is 2. The molecule has 0 atom stereocenters. The van der Waals surface area contributed by atoms with Gasteiger partial charge in [0.15, 0.2) is 0 Å². The lowest BCUT2D eigenvalue weighted by Crippen LogP contribution is -2.03. The molecular weight excluding hydrogens is 288 g/mol. The van der Waals surface area contributed by atoms with Gasteiger partial charge in [-0.2, -0.15) is 0 Å². The van der Waals surface area contributed by atoms with Gasteiger partial charge in [0.25, 0.3) is 5.69 Å². The van der Waals surface area contributed by atoms with Crippen LogP contribution in [-0.4, -0.2) is 17.0 Å². The van der Waals surface area contributed by atoms with E-state index < -0.39 is 4.92 Å². The van der Waals surface area contributed by atoms with Crippen LogP contribution >= 0.6 is 22.9 Å². The highest BCUT2D eigenvalue weighted by Gasteiger charge is 2.10. The third-order valence-corrected chi connectivity index (χ3v) is 3.58. The zero-order valence-electron chi connectivity index (χ0n) is 10.0. The Morgan fingerprint density at radius 3 is 2.74 bits per heavy atom. The van der Waals surface area contributed by atoms with Crippen molar-refractivity contribution in [1.82, 2.24) is 4.98 Å². The molecule has 0 saturated carbocycles. The Hall–Kier alpha value is -1.86. The largest absolute Gasteiger partial charge is 0.373 e. The molecule has 19 heavy (non-hydrogen) atoms. The molecule has 2 N–H and O–H groups in total. The molecule has 2 heterocycles. The summed E-state index contributed by atoms with van der Waals surface area (Å²) in [5.74, 6) is 0.893. The first-order valence-electron chi connectivity index (χ1n) is 5.41. The van der Waals surface area contributed by atoms with Gasteiger partial charge < -0.3 is 10.6 Å². The summed E-state index contributed by atoms with van der Waals surface area (Å²) in [6.45, 7) is 0.523. The Morgan fingerprint density at radius 2 is 2.16 bits per heavy atom. The fourth-order valence-electron chi connectivity index (χ4n) is 1.46. The van der Waals surface area contributed by atoms with Crippen LogP contribution < -0.4 is 10.6 Å². The first-order valence-corrected chi connectivity index (χ1v) is 6.60. The smallest absolute Gasteiger partial charge is 0.276 e. The summed E-state index contributed by atoms with van der Waals surface area (Å²) in [4.78, 5) is 15.6. The number of anilines is 2. The van der Waals surface area contributed by atoms with Crippen molar-refractivity contribution in [3.63, 3.8) is 0 Å². The minimum Gasteiger partial charge on any atom is -0.373 e. The van der Waals surface area contributed by atoms with E-state index in [0.717, 1.165) is 4.88 Å². The summed E-state index contributed by atoms with van der Waals surface area (Å²) in [6.07, 6.45) is 0. The summed E-state index contributed by atoms with van der Waals surface area (Å²) in [5, 5.41) is 16.6. The van der Waals surface area contributed by atoms with Gasteiger partial charge in [-0.3, -0.25) is 10.1 Å². The van der Waals surface area contributed by atoms with Gasteiger partial charge in [0, 0.05) is 11.9 Å². The maximum atomic E-state index is 10.8. The van der Waals surface area contributed by atoms with E-state index in [9.17, 15) is 10.1 Å². The molecule has 0 radical (unpaired) electrons. The van der Waals surface area contributed by atoms with Crippen LogP contribution in [0.5, 0.6) is 0 Å². The molecule has 0 bridgehead atoms. The van der Waals surface area contributed by atoms with Gasteiger partial charge in [-0.15, -0.1) is 11.3 Å². The molecule has 0 unspecified atom stereocenters. The molecule has 8 heteroatoms. The number of nitro groups is 1. The van der Waals surface area contributed by atoms with Crippen molar-refractivity contribution in [3.05, 3.63) is 43.6 Å². The first kappa shape index (κ1) is 13.6. The lowest BCUT2D eigenvalue weighted by molar-refractivity contribution is -0.384. The van der Waals surface area contributed by atoms with E-state index in [1.54, 1.807) is 7.05 Å². The van der Waals surface area contributed by atoms with Gasteiger partial charge in [-0.1, -0.05) is 11.6 Å². The van der Waals surface area contributed by atoms with E-state index >= 15 is 0 Å². The summed E-state index contributed by atoms with van der Waals surface area (Å²) in [6, 6.07) is 6.49. The Balaban J connectivity index is 2.15. The molecule has 0 amide bonds. The molecule has 0 aliphatic rings. The van der Waals surface area contributed by atoms with Gasteiger partial charge in [-0.05, 0) is 12.1 Å². The van der Waals surface area contributed by atoms with Crippen LogP contribution in [0.1, 0.15) is 4.88 Å². The fraction of sp³-hybridized carbons (Fsp3) is 0.182. The van der Waals surface area contributed by atoms with Crippen molar-refractivity contribution < 1.29 is 4.92 Å². The summed E-state index contributed by atoms with van der Waals surface area (Å²) < 4.78 is 0.708. The van der Waals surface area contributed by atoms with Crippen molar-refractivity contribution in [3.8, 4) is 0 Å². The molecule has 0 aromatic carbocycles. The predicted molar refractivity (Wildman–Crippen MR) is 77.1 cm³/mol. The van der Waals surface area contributed by atoms with Crippen LogP contribution in [0.25, 0.3) is 0 Å². The number of thiophene rings is 1. The lowest BCUT2D eigenvalue weighted by Gasteiger charge is -2.06. The number of halogens is 1. The highest BCUT2D eigenvalue weighted by Crippen LogP contribution is 2.24. The van der Waals surface area contributed by atoms with E-state index in [1.807, 2.05) is 12.1 Å². The van der Waals surface area contributed by atoms with E-state index in [1.165, 1.54) is 23.5 Å². The Kier molecular flexibility index (Phi) is 4.18. The molecule has 0 fully saturated rings. The lowest BCUT2D eigenvalue weighted by atomic mass is 10.3. The molecule has 100 valence electrons. The standard InChI is InChI=1S/C11H11ClN4O2S/c1-13-10-4-7(16(17)18)5-11(15-10)14-6-8-2-3-9(12)19-8/h2-5H,6H2,1H3,(H2,13,14,15). The first-order chi connectivity index (χ1) is 9.08. The molecule has 2 rings (SSSR count). The monoisotopic (exact) mass is 298 g/mol. The quantitative estimate of drug-likeness (QED) is 0.653. The van der Waals surface area contributed by atoms with Crippen LogP contribution in [0.2, 0.25) is 4.34 Å². The second-order valence-electron chi connectivity index (χ2n) is 3.66. The highest BCUT2D eigenvalue weighted by molar-refractivity contribution is 7.16. The summed E-state index contributed by atoms with van der Waals surface area (Å²) >= 11 is 7.29. The van der Waals surface area contributed by atoms with E-state index in [2.05, 4.69) is 15.6 Å². The van der Waals surface area contributed by atoms with E-state index in [4.69, 9.17) is 11.6 Å². The molecule has 0 spiro atoms. The van der Waals surface area contributed by atoms with Gasteiger partial charge in [-0.25, -0.2) is 4.98 Å². The summed E-state index contributed by atoms with van der Waals surface area (Å²) in [5.41, 5.74) is -0.00828. The molecule has 0 saturated heterocycles. The SMILES string of the molecule is CNc1cc([N+](=O)[O-])cc(NCc2ccc(Cl)s2)n1. The zero-order valence-corrected chi connectivity index (χ0v) is 11.6. The van der Waals surface area contributed by atoms with Gasteiger partial charge >= 0.3 is 0 Å². The molecular formula is C11H11ClN4O2S. The molecule has 0 aliphatic carbocycles. The number of aromatic nitrogens is 1. The maximum absolute atomic E-state index is 10.8. The Labute approximate surface area is 118 Å². The fourth-order valence-corrected chi connectivity index (χ4v) is 2.49. The van der Waals surface area contributed by atoms with E-state index in [-0.39, 0.29) is 5.69 Å². The number of nitrogens with one attached hydrogen (secondary N) is 2. The van der Waals surface area contributed by atoms with Crippen molar-refractivity contribution in [1.29, 1.82) is 0 Å². The van der Waals surface area contributed by atoms with Crippen molar-refractivity contribution in [2.75, 3.05) is 17.7 Å².